The molecule has 0 saturated carbocycles. The molecule has 0 aliphatic heterocycles. The second-order valence-corrected chi connectivity index (χ2v) is 6.64. The van der Waals surface area contributed by atoms with Crippen LogP contribution in [0.3, 0.4) is 0 Å². The third kappa shape index (κ3) is 4.66. The summed E-state index contributed by atoms with van der Waals surface area (Å²) in [4.78, 5) is 0. The second kappa shape index (κ2) is 6.66. The van der Waals surface area contributed by atoms with Crippen molar-refractivity contribution in [1.29, 1.82) is 0 Å². The van der Waals surface area contributed by atoms with Gasteiger partial charge in [0.2, 0.25) is 0 Å². The van der Waals surface area contributed by atoms with E-state index in [9.17, 15) is 0 Å². The number of hydrogen-bond donors (Lipinski definition) is 1. The molecule has 1 unspecified atom stereocenters. The summed E-state index contributed by atoms with van der Waals surface area (Å²) < 4.78 is 1.22. The zero-order valence-electron chi connectivity index (χ0n) is 9.72. The quantitative estimate of drug-likeness (QED) is 0.807. The van der Waals surface area contributed by atoms with Gasteiger partial charge in [-0.2, -0.15) is 0 Å². The Labute approximate surface area is 105 Å². The third-order valence-electron chi connectivity index (χ3n) is 2.61. The Hall–Kier alpha value is 0.140. The van der Waals surface area contributed by atoms with E-state index in [1.165, 1.54) is 28.6 Å². The van der Waals surface area contributed by atoms with Gasteiger partial charge in [-0.05, 0) is 52.3 Å². The van der Waals surface area contributed by atoms with Crippen LogP contribution in [0.5, 0.6) is 0 Å². The van der Waals surface area contributed by atoms with Gasteiger partial charge in [0.15, 0.2) is 0 Å². The van der Waals surface area contributed by atoms with Crippen LogP contribution in [-0.2, 0) is 0 Å². The van der Waals surface area contributed by atoms with Crippen molar-refractivity contribution in [2.45, 2.75) is 39.2 Å². The van der Waals surface area contributed by atoms with E-state index in [1.807, 2.05) is 7.05 Å². The van der Waals surface area contributed by atoms with E-state index in [0.29, 0.717) is 6.04 Å². The predicted octanol–water partition coefficient (Wildman–Crippen LogP) is 4.60. The van der Waals surface area contributed by atoms with Crippen LogP contribution in [-0.4, -0.2) is 7.05 Å². The first kappa shape index (κ1) is 13.2. The molecule has 0 fully saturated rings. The molecule has 1 atom stereocenters. The normalized spacial score (nSPS) is 13.4. The third-order valence-corrected chi connectivity index (χ3v) is 4.14. The Morgan fingerprint density at radius 3 is 2.60 bits per heavy atom. The fourth-order valence-corrected chi connectivity index (χ4v) is 2.94. The highest BCUT2D eigenvalue weighted by Crippen LogP contribution is 2.28. The first-order valence-electron chi connectivity index (χ1n) is 5.54. The van der Waals surface area contributed by atoms with Crippen molar-refractivity contribution >= 4 is 27.3 Å². The van der Waals surface area contributed by atoms with E-state index in [2.05, 4.69) is 46.5 Å². The van der Waals surface area contributed by atoms with Gasteiger partial charge in [0.1, 0.15) is 0 Å². The van der Waals surface area contributed by atoms with E-state index in [1.54, 1.807) is 11.3 Å². The van der Waals surface area contributed by atoms with Gasteiger partial charge in [-0.1, -0.05) is 26.7 Å². The molecule has 86 valence electrons. The molecule has 0 amide bonds. The standard InChI is InChI=1S/C12H20BrNS/c1-9(2)5-4-6-11(14-3)10-7-12(13)15-8-10/h7-9,11,14H,4-6H2,1-3H3. The Morgan fingerprint density at radius 1 is 1.40 bits per heavy atom. The maximum Gasteiger partial charge on any atom is 0.0701 e. The minimum atomic E-state index is 0.520. The van der Waals surface area contributed by atoms with Crippen LogP contribution in [0, 0.1) is 5.92 Å². The summed E-state index contributed by atoms with van der Waals surface area (Å²) in [7, 11) is 2.05. The summed E-state index contributed by atoms with van der Waals surface area (Å²) >= 11 is 5.28. The summed E-state index contributed by atoms with van der Waals surface area (Å²) in [5.41, 5.74) is 1.41. The number of hydrogen-bond acceptors (Lipinski definition) is 2. The lowest BCUT2D eigenvalue weighted by atomic mass is 10.00. The minimum Gasteiger partial charge on any atom is -0.313 e. The van der Waals surface area contributed by atoms with Crippen LogP contribution in [0.4, 0.5) is 0 Å². The lowest BCUT2D eigenvalue weighted by Gasteiger charge is -2.15. The molecule has 1 nitrogen and oxygen atoms in total. The molecule has 0 saturated heterocycles. The van der Waals surface area contributed by atoms with Gasteiger partial charge in [0, 0.05) is 6.04 Å². The van der Waals surface area contributed by atoms with Crippen molar-refractivity contribution in [3.63, 3.8) is 0 Å². The smallest absolute Gasteiger partial charge is 0.0701 e. The van der Waals surface area contributed by atoms with Crippen molar-refractivity contribution in [2.75, 3.05) is 7.05 Å². The molecule has 1 N–H and O–H groups in total. The van der Waals surface area contributed by atoms with Crippen molar-refractivity contribution in [3.8, 4) is 0 Å². The van der Waals surface area contributed by atoms with E-state index in [4.69, 9.17) is 0 Å². The van der Waals surface area contributed by atoms with Gasteiger partial charge in [0.25, 0.3) is 0 Å². The van der Waals surface area contributed by atoms with Gasteiger partial charge < -0.3 is 5.32 Å². The fourth-order valence-electron chi connectivity index (χ4n) is 1.71. The molecule has 15 heavy (non-hydrogen) atoms. The summed E-state index contributed by atoms with van der Waals surface area (Å²) in [6.07, 6.45) is 3.86. The van der Waals surface area contributed by atoms with Gasteiger partial charge in [-0.3, -0.25) is 0 Å². The average Bonchev–Trinajstić information content (AvgIpc) is 2.59. The first-order valence-corrected chi connectivity index (χ1v) is 7.22. The van der Waals surface area contributed by atoms with Crippen LogP contribution in [0.1, 0.15) is 44.7 Å². The van der Waals surface area contributed by atoms with Crippen LogP contribution in [0.15, 0.2) is 15.2 Å². The van der Waals surface area contributed by atoms with Crippen LogP contribution >= 0.6 is 27.3 Å². The summed E-state index contributed by atoms with van der Waals surface area (Å²) in [5, 5.41) is 5.63. The molecule has 0 aromatic carbocycles. The van der Waals surface area contributed by atoms with Crippen molar-refractivity contribution in [1.82, 2.24) is 5.32 Å². The Balaban J connectivity index is 2.42. The number of halogens is 1. The zero-order valence-corrected chi connectivity index (χ0v) is 12.1. The number of nitrogens with one attached hydrogen (secondary N) is 1. The first-order chi connectivity index (χ1) is 7.13. The Kier molecular flexibility index (Phi) is 5.87. The molecule has 0 aliphatic rings. The number of rotatable bonds is 6. The SMILES string of the molecule is CNC(CCCC(C)C)c1csc(Br)c1. The molecule has 0 radical (unpaired) electrons. The van der Waals surface area contributed by atoms with Gasteiger partial charge in [0.05, 0.1) is 3.79 Å². The molecule has 1 heterocycles. The fraction of sp³-hybridized carbons (Fsp3) is 0.667. The monoisotopic (exact) mass is 289 g/mol. The largest absolute Gasteiger partial charge is 0.313 e. The number of thiophene rings is 1. The molecular weight excluding hydrogens is 270 g/mol. The Morgan fingerprint density at radius 2 is 2.13 bits per heavy atom. The summed E-state index contributed by atoms with van der Waals surface area (Å²) in [5.74, 6) is 0.816. The second-order valence-electron chi connectivity index (χ2n) is 4.35. The topological polar surface area (TPSA) is 12.0 Å². The van der Waals surface area contributed by atoms with Crippen molar-refractivity contribution in [3.05, 3.63) is 20.8 Å². The Bertz CT molecular complexity index is 283. The molecule has 1 rings (SSSR count). The summed E-state index contributed by atoms with van der Waals surface area (Å²) in [6.45, 7) is 4.57. The van der Waals surface area contributed by atoms with Crippen molar-refractivity contribution < 1.29 is 0 Å². The molecule has 0 aliphatic carbocycles. The van der Waals surface area contributed by atoms with Crippen molar-refractivity contribution in [2.24, 2.45) is 5.92 Å². The molecule has 1 aromatic heterocycles. The van der Waals surface area contributed by atoms with E-state index < -0.39 is 0 Å². The molecule has 0 bridgehead atoms. The van der Waals surface area contributed by atoms with E-state index in [0.717, 1.165) is 5.92 Å². The van der Waals surface area contributed by atoms with Crippen LogP contribution in [0.2, 0.25) is 0 Å². The van der Waals surface area contributed by atoms with Gasteiger partial charge >= 0.3 is 0 Å². The molecule has 0 spiro atoms. The highest BCUT2D eigenvalue weighted by Gasteiger charge is 2.10. The molecule has 1 aromatic rings. The summed E-state index contributed by atoms with van der Waals surface area (Å²) in [6, 6.07) is 2.74. The highest BCUT2D eigenvalue weighted by molar-refractivity contribution is 9.11. The molecule has 3 heteroatoms. The molecular formula is C12H20BrNS. The van der Waals surface area contributed by atoms with Crippen LogP contribution in [0.25, 0.3) is 0 Å². The maximum absolute atomic E-state index is 3.51. The van der Waals surface area contributed by atoms with Gasteiger partial charge in [-0.25, -0.2) is 0 Å². The lowest BCUT2D eigenvalue weighted by Crippen LogP contribution is -2.15. The average molecular weight is 290 g/mol. The zero-order chi connectivity index (χ0) is 11.3. The minimum absolute atomic E-state index is 0.520. The lowest BCUT2D eigenvalue weighted by molar-refractivity contribution is 0.471. The maximum atomic E-state index is 3.51. The highest BCUT2D eigenvalue weighted by atomic mass is 79.9. The van der Waals surface area contributed by atoms with E-state index >= 15 is 0 Å². The predicted molar refractivity (Wildman–Crippen MR) is 72.5 cm³/mol. The van der Waals surface area contributed by atoms with E-state index in [-0.39, 0.29) is 0 Å². The van der Waals surface area contributed by atoms with Crippen LogP contribution < -0.4 is 5.32 Å². The van der Waals surface area contributed by atoms with Gasteiger partial charge in [-0.15, -0.1) is 11.3 Å².